The molecular weight excluding hydrogens is 300 g/mol. The Morgan fingerprint density at radius 1 is 1.23 bits per heavy atom. The van der Waals surface area contributed by atoms with E-state index in [-0.39, 0.29) is 18.3 Å². The van der Waals surface area contributed by atoms with Gasteiger partial charge in [-0.15, -0.1) is 12.4 Å². The Bertz CT molecular complexity index is 431. The molecule has 2 rings (SSSR count). The Hall–Kier alpha value is -1.10. The van der Waals surface area contributed by atoms with E-state index in [0.29, 0.717) is 19.1 Å². The molecule has 1 saturated carbocycles. The van der Waals surface area contributed by atoms with E-state index >= 15 is 0 Å². The van der Waals surface area contributed by atoms with Gasteiger partial charge in [0.25, 0.3) is 0 Å². The number of carbonyl (C=O) groups is 1. The second-order valence-corrected chi connectivity index (χ2v) is 5.67. The van der Waals surface area contributed by atoms with Gasteiger partial charge in [0.05, 0.1) is 12.7 Å². The van der Waals surface area contributed by atoms with Crippen LogP contribution >= 0.6 is 12.4 Å². The maximum Gasteiger partial charge on any atom is 0.224 e. The van der Waals surface area contributed by atoms with Crippen molar-refractivity contribution in [3.05, 3.63) is 29.8 Å². The van der Waals surface area contributed by atoms with Crippen molar-refractivity contribution >= 4 is 24.0 Å². The van der Waals surface area contributed by atoms with Gasteiger partial charge in [0.15, 0.2) is 0 Å². The summed E-state index contributed by atoms with van der Waals surface area (Å²) in [6.07, 6.45) is 6.83. The second kappa shape index (κ2) is 10.6. The van der Waals surface area contributed by atoms with Crippen LogP contribution in [0.1, 0.15) is 44.1 Å². The molecule has 1 aromatic rings. The van der Waals surface area contributed by atoms with Crippen molar-refractivity contribution in [1.29, 1.82) is 0 Å². The molecule has 1 aromatic carbocycles. The molecule has 0 bridgehead atoms. The number of rotatable bonds is 8. The molecule has 0 heterocycles. The number of carbonyl (C=O) groups excluding carboxylic acids is 1. The van der Waals surface area contributed by atoms with Crippen molar-refractivity contribution in [2.75, 3.05) is 18.9 Å². The predicted octanol–water partition coefficient (Wildman–Crippen LogP) is 3.51. The topological polar surface area (TPSA) is 50.4 Å². The highest BCUT2D eigenvalue weighted by atomic mass is 35.5. The molecule has 22 heavy (non-hydrogen) atoms. The number of hydrogen-bond acceptors (Lipinski definition) is 3. The highest BCUT2D eigenvalue weighted by molar-refractivity contribution is 5.90. The second-order valence-electron chi connectivity index (χ2n) is 5.67. The average molecular weight is 327 g/mol. The molecule has 5 heteroatoms. The summed E-state index contributed by atoms with van der Waals surface area (Å²) in [6, 6.07) is 7.95. The van der Waals surface area contributed by atoms with Crippen LogP contribution < -0.4 is 10.6 Å². The van der Waals surface area contributed by atoms with Gasteiger partial charge in [-0.05, 0) is 50.6 Å². The zero-order chi connectivity index (χ0) is 14.9. The molecule has 2 N–H and O–H groups in total. The molecule has 0 radical (unpaired) electrons. The highest BCUT2D eigenvalue weighted by Crippen LogP contribution is 2.22. The molecule has 1 fully saturated rings. The van der Waals surface area contributed by atoms with E-state index in [1.165, 1.54) is 25.7 Å². The summed E-state index contributed by atoms with van der Waals surface area (Å²) >= 11 is 0. The molecule has 0 spiro atoms. The standard InChI is InChI=1S/C17H26N2O2.ClH/c1-18-12-4-7-17(20)19-15-10-8-14(9-11-15)13-21-16-5-2-3-6-16;/h8-11,16,18H,2-7,12-13H2,1H3,(H,19,20);1H. The lowest BCUT2D eigenvalue weighted by Gasteiger charge is -2.11. The zero-order valence-electron chi connectivity index (χ0n) is 13.3. The van der Waals surface area contributed by atoms with E-state index in [9.17, 15) is 4.79 Å². The van der Waals surface area contributed by atoms with Crippen LogP contribution in [0, 0.1) is 0 Å². The third-order valence-corrected chi connectivity index (χ3v) is 3.86. The van der Waals surface area contributed by atoms with Crippen molar-refractivity contribution in [2.45, 2.75) is 51.2 Å². The number of ether oxygens (including phenoxy) is 1. The Balaban J connectivity index is 0.00000242. The summed E-state index contributed by atoms with van der Waals surface area (Å²) in [7, 11) is 1.89. The van der Waals surface area contributed by atoms with E-state index in [4.69, 9.17) is 4.74 Å². The first-order valence-electron chi connectivity index (χ1n) is 7.93. The maximum absolute atomic E-state index is 11.7. The fourth-order valence-corrected chi connectivity index (χ4v) is 2.60. The van der Waals surface area contributed by atoms with Gasteiger partial charge < -0.3 is 15.4 Å². The molecule has 0 saturated heterocycles. The fourth-order valence-electron chi connectivity index (χ4n) is 2.60. The zero-order valence-corrected chi connectivity index (χ0v) is 14.1. The minimum absolute atomic E-state index is 0. The van der Waals surface area contributed by atoms with Crippen LogP contribution in [-0.2, 0) is 16.1 Å². The molecule has 4 nitrogen and oxygen atoms in total. The normalized spacial score (nSPS) is 14.6. The highest BCUT2D eigenvalue weighted by Gasteiger charge is 2.15. The SMILES string of the molecule is CNCCCC(=O)Nc1ccc(COC2CCCC2)cc1.Cl. The van der Waals surface area contributed by atoms with Crippen molar-refractivity contribution < 1.29 is 9.53 Å². The lowest BCUT2D eigenvalue weighted by molar-refractivity contribution is -0.116. The van der Waals surface area contributed by atoms with Gasteiger partial charge in [-0.2, -0.15) is 0 Å². The third-order valence-electron chi connectivity index (χ3n) is 3.86. The first-order valence-corrected chi connectivity index (χ1v) is 7.93. The first kappa shape index (κ1) is 18.9. The summed E-state index contributed by atoms with van der Waals surface area (Å²) in [6.45, 7) is 1.53. The van der Waals surface area contributed by atoms with Crippen molar-refractivity contribution in [3.8, 4) is 0 Å². The summed E-state index contributed by atoms with van der Waals surface area (Å²) in [5.74, 6) is 0.0696. The van der Waals surface area contributed by atoms with Crippen LogP contribution in [0.15, 0.2) is 24.3 Å². The average Bonchev–Trinajstić information content (AvgIpc) is 3.00. The van der Waals surface area contributed by atoms with Crippen LogP contribution in [0.5, 0.6) is 0 Å². The molecule has 124 valence electrons. The van der Waals surface area contributed by atoms with Crippen LogP contribution in [0.2, 0.25) is 0 Å². The van der Waals surface area contributed by atoms with Gasteiger partial charge >= 0.3 is 0 Å². The molecule has 0 unspecified atom stereocenters. The minimum atomic E-state index is 0. The molecule has 0 aromatic heterocycles. The quantitative estimate of drug-likeness (QED) is 0.719. The number of anilines is 1. The van der Waals surface area contributed by atoms with E-state index in [1.807, 2.05) is 31.3 Å². The number of benzene rings is 1. The van der Waals surface area contributed by atoms with Crippen LogP contribution in [-0.4, -0.2) is 25.6 Å². The Labute approximate surface area is 139 Å². The summed E-state index contributed by atoms with van der Waals surface area (Å²) in [4.78, 5) is 11.7. The Kier molecular flexibility index (Phi) is 9.13. The molecule has 0 aliphatic heterocycles. The van der Waals surface area contributed by atoms with Gasteiger partial charge in [-0.1, -0.05) is 25.0 Å². The largest absolute Gasteiger partial charge is 0.374 e. The number of hydrogen-bond donors (Lipinski definition) is 2. The maximum atomic E-state index is 11.7. The smallest absolute Gasteiger partial charge is 0.224 e. The van der Waals surface area contributed by atoms with E-state index in [0.717, 1.165) is 24.2 Å². The summed E-state index contributed by atoms with van der Waals surface area (Å²) in [5.41, 5.74) is 2.02. The molecule has 1 aliphatic carbocycles. The fraction of sp³-hybridized carbons (Fsp3) is 0.588. The van der Waals surface area contributed by atoms with Gasteiger partial charge in [-0.3, -0.25) is 4.79 Å². The predicted molar refractivity (Wildman–Crippen MR) is 92.5 cm³/mol. The van der Waals surface area contributed by atoms with Gasteiger partial charge in [-0.25, -0.2) is 0 Å². The van der Waals surface area contributed by atoms with Crippen LogP contribution in [0.25, 0.3) is 0 Å². The lowest BCUT2D eigenvalue weighted by atomic mass is 10.2. The molecule has 1 aliphatic rings. The molecule has 0 atom stereocenters. The van der Waals surface area contributed by atoms with Crippen molar-refractivity contribution in [1.82, 2.24) is 5.32 Å². The van der Waals surface area contributed by atoms with Crippen molar-refractivity contribution in [2.24, 2.45) is 0 Å². The monoisotopic (exact) mass is 326 g/mol. The van der Waals surface area contributed by atoms with Crippen LogP contribution in [0.3, 0.4) is 0 Å². The van der Waals surface area contributed by atoms with E-state index in [1.54, 1.807) is 0 Å². The Morgan fingerprint density at radius 2 is 1.91 bits per heavy atom. The number of halogens is 1. The van der Waals surface area contributed by atoms with E-state index in [2.05, 4.69) is 10.6 Å². The molecular formula is C17H27ClN2O2. The summed E-state index contributed by atoms with van der Waals surface area (Å²) < 4.78 is 5.88. The van der Waals surface area contributed by atoms with Gasteiger partial charge in [0.2, 0.25) is 5.91 Å². The van der Waals surface area contributed by atoms with Crippen molar-refractivity contribution in [3.63, 3.8) is 0 Å². The lowest BCUT2D eigenvalue weighted by Crippen LogP contribution is -2.15. The minimum Gasteiger partial charge on any atom is -0.374 e. The Morgan fingerprint density at radius 3 is 2.55 bits per heavy atom. The van der Waals surface area contributed by atoms with Gasteiger partial charge in [0.1, 0.15) is 0 Å². The third kappa shape index (κ3) is 6.77. The first-order chi connectivity index (χ1) is 10.3. The van der Waals surface area contributed by atoms with E-state index < -0.39 is 0 Å². The van der Waals surface area contributed by atoms with Gasteiger partial charge in [0, 0.05) is 12.1 Å². The number of amides is 1. The summed E-state index contributed by atoms with van der Waals surface area (Å²) in [5, 5.41) is 5.96. The van der Waals surface area contributed by atoms with Crippen LogP contribution in [0.4, 0.5) is 5.69 Å². The number of nitrogens with one attached hydrogen (secondary N) is 2. The molecule has 1 amide bonds.